The zero-order chi connectivity index (χ0) is 21.3. The highest BCUT2D eigenvalue weighted by Gasteiger charge is 2.38. The quantitative estimate of drug-likeness (QED) is 0.591. The molecule has 0 radical (unpaired) electrons. The van der Waals surface area contributed by atoms with Gasteiger partial charge in [-0.05, 0) is 30.3 Å². The van der Waals surface area contributed by atoms with Crippen molar-refractivity contribution in [3.8, 4) is 17.1 Å². The van der Waals surface area contributed by atoms with E-state index in [0.717, 1.165) is 0 Å². The monoisotopic (exact) mass is 437 g/mol. The molecule has 156 valence electrons. The van der Waals surface area contributed by atoms with Gasteiger partial charge in [-0.15, -0.1) is 0 Å². The van der Waals surface area contributed by atoms with Crippen LogP contribution in [0.1, 0.15) is 22.7 Å². The largest absolute Gasteiger partial charge is 0.488 e. The third-order valence-electron chi connectivity index (χ3n) is 4.57. The number of carbonyl (C=O) groups excluding carboxylic acids is 1. The summed E-state index contributed by atoms with van der Waals surface area (Å²) in [6.45, 7) is 0.908. The number of hydrogen-bond acceptors (Lipinski definition) is 5. The molecule has 3 aromatic rings. The number of amides is 1. The van der Waals surface area contributed by atoms with Crippen LogP contribution in [-0.4, -0.2) is 40.1 Å². The van der Waals surface area contributed by atoms with E-state index in [4.69, 9.17) is 16.3 Å². The molecular weight excluding hydrogens is 423 g/mol. The van der Waals surface area contributed by atoms with E-state index in [9.17, 15) is 18.0 Å². The maximum absolute atomic E-state index is 12.7. The smallest absolute Gasteiger partial charge is 0.471 e. The van der Waals surface area contributed by atoms with Crippen molar-refractivity contribution < 1.29 is 27.2 Å². The van der Waals surface area contributed by atoms with Crippen LogP contribution in [-0.2, 0) is 6.18 Å². The number of alkyl halides is 3. The molecule has 1 aromatic heterocycles. The SMILES string of the molecule is O=C(c1cccc(Cl)c1)N1CCC(Oc2cccc(-c3noc(C(F)(F)F)n3)c2)C1. The Balaban J connectivity index is 1.42. The summed E-state index contributed by atoms with van der Waals surface area (Å²) in [5.74, 6) is -1.29. The van der Waals surface area contributed by atoms with Crippen LogP contribution in [0, 0.1) is 0 Å². The van der Waals surface area contributed by atoms with Gasteiger partial charge in [-0.2, -0.15) is 18.2 Å². The summed E-state index contributed by atoms with van der Waals surface area (Å²) in [6.07, 6.45) is -4.33. The Morgan fingerprint density at radius 2 is 2.00 bits per heavy atom. The standard InChI is InChI=1S/C20H15ClF3N3O3/c21-14-5-1-4-13(9-14)18(28)27-8-7-16(11-27)29-15-6-2-3-12(10-15)17-25-19(30-26-17)20(22,23)24/h1-6,9-10,16H,7-8,11H2. The summed E-state index contributed by atoms with van der Waals surface area (Å²) in [5.41, 5.74) is 0.833. The van der Waals surface area contributed by atoms with Crippen LogP contribution < -0.4 is 4.74 Å². The number of benzene rings is 2. The van der Waals surface area contributed by atoms with Crippen molar-refractivity contribution in [2.24, 2.45) is 0 Å². The van der Waals surface area contributed by atoms with Crippen LogP contribution in [0.3, 0.4) is 0 Å². The van der Waals surface area contributed by atoms with E-state index in [0.29, 0.717) is 41.4 Å². The van der Waals surface area contributed by atoms with E-state index in [2.05, 4.69) is 14.7 Å². The average Bonchev–Trinajstić information content (AvgIpc) is 3.37. The van der Waals surface area contributed by atoms with Crippen molar-refractivity contribution in [1.82, 2.24) is 15.0 Å². The summed E-state index contributed by atoms with van der Waals surface area (Å²) < 4.78 is 48.1. The Kier molecular flexibility index (Phi) is 5.38. The third kappa shape index (κ3) is 4.40. The van der Waals surface area contributed by atoms with E-state index in [1.54, 1.807) is 47.4 Å². The minimum absolute atomic E-state index is 0.135. The fourth-order valence-electron chi connectivity index (χ4n) is 3.17. The van der Waals surface area contributed by atoms with Crippen molar-refractivity contribution >= 4 is 17.5 Å². The second-order valence-corrected chi connectivity index (χ2v) is 7.18. The summed E-state index contributed by atoms with van der Waals surface area (Å²) in [6, 6.07) is 13.1. The molecule has 6 nitrogen and oxygen atoms in total. The molecule has 2 aromatic carbocycles. The molecule has 2 heterocycles. The fraction of sp³-hybridized carbons (Fsp3) is 0.250. The predicted octanol–water partition coefficient (Wildman–Crippen LogP) is 4.70. The third-order valence-corrected chi connectivity index (χ3v) is 4.80. The van der Waals surface area contributed by atoms with Gasteiger partial charge in [0.2, 0.25) is 5.82 Å². The van der Waals surface area contributed by atoms with Crippen LogP contribution in [0.25, 0.3) is 11.4 Å². The van der Waals surface area contributed by atoms with Crippen LogP contribution in [0.2, 0.25) is 5.02 Å². The molecule has 0 N–H and O–H groups in total. The van der Waals surface area contributed by atoms with E-state index in [1.807, 2.05) is 0 Å². The van der Waals surface area contributed by atoms with E-state index >= 15 is 0 Å². The van der Waals surface area contributed by atoms with Crippen molar-refractivity contribution in [1.29, 1.82) is 0 Å². The minimum Gasteiger partial charge on any atom is -0.488 e. The molecule has 1 unspecified atom stereocenters. The molecule has 1 aliphatic heterocycles. The highest BCUT2D eigenvalue weighted by molar-refractivity contribution is 6.30. The van der Waals surface area contributed by atoms with Gasteiger partial charge in [-0.3, -0.25) is 4.79 Å². The van der Waals surface area contributed by atoms with Gasteiger partial charge in [0.15, 0.2) is 0 Å². The number of hydrogen-bond donors (Lipinski definition) is 0. The highest BCUT2D eigenvalue weighted by Crippen LogP contribution is 2.30. The number of likely N-dealkylation sites (tertiary alicyclic amines) is 1. The zero-order valence-electron chi connectivity index (χ0n) is 15.4. The summed E-state index contributed by atoms with van der Waals surface area (Å²) >= 11 is 5.95. The van der Waals surface area contributed by atoms with Crippen molar-refractivity contribution in [2.75, 3.05) is 13.1 Å². The Hall–Kier alpha value is -3.07. The molecule has 1 saturated heterocycles. The lowest BCUT2D eigenvalue weighted by atomic mass is 10.2. The van der Waals surface area contributed by atoms with Crippen molar-refractivity contribution in [3.63, 3.8) is 0 Å². The first-order valence-electron chi connectivity index (χ1n) is 9.02. The number of rotatable bonds is 4. The van der Waals surface area contributed by atoms with Crippen LogP contribution >= 0.6 is 11.6 Å². The van der Waals surface area contributed by atoms with Gasteiger partial charge in [0.05, 0.1) is 6.54 Å². The number of carbonyl (C=O) groups is 1. The Morgan fingerprint density at radius 3 is 2.73 bits per heavy atom. The van der Waals surface area contributed by atoms with Crippen molar-refractivity contribution in [2.45, 2.75) is 18.7 Å². The summed E-state index contributed by atoms with van der Waals surface area (Å²) in [5, 5.41) is 3.86. The molecule has 0 bridgehead atoms. The first-order chi connectivity index (χ1) is 14.3. The lowest BCUT2D eigenvalue weighted by Gasteiger charge is -2.17. The number of aromatic nitrogens is 2. The average molecular weight is 438 g/mol. The van der Waals surface area contributed by atoms with Gasteiger partial charge >= 0.3 is 12.1 Å². The Bertz CT molecular complexity index is 1070. The minimum atomic E-state index is -4.71. The first-order valence-corrected chi connectivity index (χ1v) is 9.40. The molecule has 4 rings (SSSR count). The molecule has 30 heavy (non-hydrogen) atoms. The molecule has 10 heteroatoms. The van der Waals surface area contributed by atoms with E-state index in [-0.39, 0.29) is 17.8 Å². The first kappa shape index (κ1) is 20.2. The molecule has 0 saturated carbocycles. The molecule has 1 aliphatic rings. The predicted molar refractivity (Wildman–Crippen MR) is 101 cm³/mol. The van der Waals surface area contributed by atoms with Gasteiger partial charge < -0.3 is 14.2 Å². The van der Waals surface area contributed by atoms with E-state index in [1.165, 1.54) is 6.07 Å². The molecule has 0 spiro atoms. The van der Waals surface area contributed by atoms with E-state index < -0.39 is 12.1 Å². The number of halogens is 4. The van der Waals surface area contributed by atoms with Crippen LogP contribution in [0.5, 0.6) is 5.75 Å². The number of ether oxygens (including phenoxy) is 1. The van der Waals surface area contributed by atoms with Gasteiger partial charge in [0.1, 0.15) is 11.9 Å². The Labute approximate surface area is 174 Å². The molecule has 1 fully saturated rings. The normalized spacial score (nSPS) is 16.7. The zero-order valence-corrected chi connectivity index (χ0v) is 16.2. The van der Waals surface area contributed by atoms with Gasteiger partial charge in [0, 0.05) is 29.1 Å². The topological polar surface area (TPSA) is 68.5 Å². The van der Waals surface area contributed by atoms with Gasteiger partial charge in [0.25, 0.3) is 5.91 Å². The van der Waals surface area contributed by atoms with Gasteiger partial charge in [-0.25, -0.2) is 0 Å². The maximum Gasteiger partial charge on any atom is 0.471 e. The van der Waals surface area contributed by atoms with Crippen LogP contribution in [0.4, 0.5) is 13.2 Å². The second-order valence-electron chi connectivity index (χ2n) is 6.74. The lowest BCUT2D eigenvalue weighted by molar-refractivity contribution is -0.159. The number of nitrogens with zero attached hydrogens (tertiary/aromatic N) is 3. The Morgan fingerprint density at radius 1 is 1.20 bits per heavy atom. The molecular formula is C20H15ClF3N3O3. The second kappa shape index (κ2) is 7.98. The lowest BCUT2D eigenvalue weighted by Crippen LogP contribution is -2.30. The maximum atomic E-state index is 12.7. The molecule has 1 amide bonds. The van der Waals surface area contributed by atoms with Crippen molar-refractivity contribution in [3.05, 3.63) is 65.0 Å². The summed E-state index contributed by atoms with van der Waals surface area (Å²) in [4.78, 5) is 17.7. The fourth-order valence-corrected chi connectivity index (χ4v) is 3.36. The highest BCUT2D eigenvalue weighted by atomic mass is 35.5. The molecule has 0 aliphatic carbocycles. The van der Waals surface area contributed by atoms with Crippen LogP contribution in [0.15, 0.2) is 53.1 Å². The molecule has 1 atom stereocenters. The van der Waals surface area contributed by atoms with Gasteiger partial charge in [-0.1, -0.05) is 35.0 Å². The summed E-state index contributed by atoms with van der Waals surface area (Å²) in [7, 11) is 0.